The molecule has 0 radical (unpaired) electrons. The van der Waals surface area contributed by atoms with Crippen LogP contribution in [0.15, 0.2) is 6.07 Å². The van der Waals surface area contributed by atoms with E-state index in [1.54, 1.807) is 31.9 Å². The van der Waals surface area contributed by atoms with Crippen molar-refractivity contribution >= 4 is 17.8 Å². The van der Waals surface area contributed by atoms with Gasteiger partial charge in [0.1, 0.15) is 17.3 Å². The predicted octanol–water partition coefficient (Wildman–Crippen LogP) is 0.830. The van der Waals surface area contributed by atoms with Gasteiger partial charge in [-0.25, -0.2) is 14.8 Å². The first-order valence-corrected chi connectivity index (χ1v) is 8.84. The van der Waals surface area contributed by atoms with Gasteiger partial charge in [-0.15, -0.1) is 0 Å². The molecule has 9 heteroatoms. The third-order valence-corrected chi connectivity index (χ3v) is 4.00. The van der Waals surface area contributed by atoms with Crippen molar-refractivity contribution in [1.29, 1.82) is 0 Å². The van der Waals surface area contributed by atoms with E-state index in [0.29, 0.717) is 63.3 Å². The van der Waals surface area contributed by atoms with Crippen LogP contribution in [0, 0.1) is 6.92 Å². The number of carbonyl (C=O) groups is 2. The second-order valence-electron chi connectivity index (χ2n) is 5.93. The molecule has 0 aromatic carbocycles. The maximum absolute atomic E-state index is 12.3. The zero-order chi connectivity index (χ0) is 18.9. The Morgan fingerprint density at radius 3 is 2.62 bits per heavy atom. The third-order valence-electron chi connectivity index (χ3n) is 4.00. The standard InChI is InChI=1S/C17H27N5O4/c1-4-26-17(24)22-9-7-21(8-10-22)15-12-14(19-13(2)20-15)16(23)18-6-5-11-25-3/h12H,4-11H2,1-3H3,(H,18,23). The van der Waals surface area contributed by atoms with Crippen LogP contribution in [0.1, 0.15) is 29.7 Å². The molecule has 1 saturated heterocycles. The fraction of sp³-hybridized carbons (Fsp3) is 0.647. The van der Waals surface area contributed by atoms with Gasteiger partial charge >= 0.3 is 6.09 Å². The van der Waals surface area contributed by atoms with Crippen LogP contribution in [-0.2, 0) is 9.47 Å². The molecule has 0 unspecified atom stereocenters. The number of methoxy groups -OCH3 is 1. The summed E-state index contributed by atoms with van der Waals surface area (Å²) < 4.78 is 10.00. The number of hydrogen-bond donors (Lipinski definition) is 1. The Bertz CT molecular complexity index is 617. The topological polar surface area (TPSA) is 96.9 Å². The van der Waals surface area contributed by atoms with Crippen LogP contribution in [0.2, 0.25) is 0 Å². The van der Waals surface area contributed by atoms with E-state index in [0.717, 1.165) is 6.42 Å². The molecule has 0 bridgehead atoms. The summed E-state index contributed by atoms with van der Waals surface area (Å²) in [6.07, 6.45) is 0.455. The highest BCUT2D eigenvalue weighted by atomic mass is 16.6. The van der Waals surface area contributed by atoms with E-state index >= 15 is 0 Å². The number of amides is 2. The van der Waals surface area contributed by atoms with Crippen molar-refractivity contribution in [2.45, 2.75) is 20.3 Å². The number of nitrogens with zero attached hydrogens (tertiary/aromatic N) is 4. The van der Waals surface area contributed by atoms with E-state index < -0.39 is 0 Å². The second kappa shape index (κ2) is 9.91. The lowest BCUT2D eigenvalue weighted by atomic mass is 10.3. The number of piperazine rings is 1. The van der Waals surface area contributed by atoms with E-state index in [1.165, 1.54) is 0 Å². The number of rotatable bonds is 7. The smallest absolute Gasteiger partial charge is 0.409 e. The summed E-state index contributed by atoms with van der Waals surface area (Å²) >= 11 is 0. The van der Waals surface area contributed by atoms with Crippen LogP contribution in [0.5, 0.6) is 0 Å². The van der Waals surface area contributed by atoms with Crippen molar-refractivity contribution < 1.29 is 19.1 Å². The first kappa shape index (κ1) is 19.9. The van der Waals surface area contributed by atoms with Gasteiger partial charge in [-0.05, 0) is 20.3 Å². The van der Waals surface area contributed by atoms with Gasteiger partial charge in [0, 0.05) is 52.5 Å². The molecule has 26 heavy (non-hydrogen) atoms. The molecule has 1 fully saturated rings. The molecule has 1 N–H and O–H groups in total. The molecule has 144 valence electrons. The number of aryl methyl sites for hydroxylation is 1. The maximum Gasteiger partial charge on any atom is 0.409 e. The highest BCUT2D eigenvalue weighted by Gasteiger charge is 2.23. The molecular weight excluding hydrogens is 338 g/mol. The van der Waals surface area contributed by atoms with Crippen molar-refractivity contribution in [3.8, 4) is 0 Å². The van der Waals surface area contributed by atoms with Crippen molar-refractivity contribution in [3.63, 3.8) is 0 Å². The van der Waals surface area contributed by atoms with Crippen LogP contribution < -0.4 is 10.2 Å². The summed E-state index contributed by atoms with van der Waals surface area (Å²) in [6, 6.07) is 1.69. The Hall–Kier alpha value is -2.42. The van der Waals surface area contributed by atoms with Crippen LogP contribution >= 0.6 is 0 Å². The fourth-order valence-electron chi connectivity index (χ4n) is 2.67. The van der Waals surface area contributed by atoms with Crippen LogP contribution in [0.25, 0.3) is 0 Å². The number of aromatic nitrogens is 2. The van der Waals surface area contributed by atoms with Crippen molar-refractivity contribution in [2.24, 2.45) is 0 Å². The van der Waals surface area contributed by atoms with Gasteiger partial charge in [0.2, 0.25) is 0 Å². The molecule has 2 heterocycles. The summed E-state index contributed by atoms with van der Waals surface area (Å²) in [7, 11) is 1.63. The minimum atomic E-state index is -0.290. The minimum absolute atomic E-state index is 0.224. The first-order chi connectivity index (χ1) is 12.5. The highest BCUT2D eigenvalue weighted by Crippen LogP contribution is 2.16. The van der Waals surface area contributed by atoms with E-state index in [1.807, 2.05) is 4.90 Å². The molecule has 1 aliphatic rings. The first-order valence-electron chi connectivity index (χ1n) is 8.84. The Balaban J connectivity index is 1.97. The molecule has 0 atom stereocenters. The zero-order valence-electron chi connectivity index (χ0n) is 15.7. The lowest BCUT2D eigenvalue weighted by Gasteiger charge is -2.34. The Morgan fingerprint density at radius 2 is 1.96 bits per heavy atom. The number of hydrogen-bond acceptors (Lipinski definition) is 7. The van der Waals surface area contributed by atoms with E-state index in [9.17, 15) is 9.59 Å². The normalized spacial score (nSPS) is 14.3. The monoisotopic (exact) mass is 365 g/mol. The highest BCUT2D eigenvalue weighted by molar-refractivity contribution is 5.92. The zero-order valence-corrected chi connectivity index (χ0v) is 15.7. The molecule has 0 saturated carbocycles. The fourth-order valence-corrected chi connectivity index (χ4v) is 2.67. The Labute approximate surface area is 153 Å². The average Bonchev–Trinajstić information content (AvgIpc) is 2.65. The van der Waals surface area contributed by atoms with Gasteiger partial charge in [-0.1, -0.05) is 0 Å². The largest absolute Gasteiger partial charge is 0.450 e. The Morgan fingerprint density at radius 1 is 1.23 bits per heavy atom. The molecule has 2 rings (SSSR count). The van der Waals surface area contributed by atoms with Crippen LogP contribution in [-0.4, -0.2) is 79.9 Å². The number of ether oxygens (including phenoxy) is 2. The minimum Gasteiger partial charge on any atom is -0.450 e. The van der Waals surface area contributed by atoms with Gasteiger partial charge in [0.05, 0.1) is 6.61 Å². The molecule has 0 spiro atoms. The van der Waals surface area contributed by atoms with Gasteiger partial charge in [0.15, 0.2) is 0 Å². The third kappa shape index (κ3) is 5.55. The predicted molar refractivity (Wildman–Crippen MR) is 96.4 cm³/mol. The van der Waals surface area contributed by atoms with Gasteiger partial charge in [-0.3, -0.25) is 4.79 Å². The van der Waals surface area contributed by atoms with Crippen molar-refractivity contribution in [2.75, 3.05) is 57.9 Å². The number of carbonyl (C=O) groups excluding carboxylic acids is 2. The van der Waals surface area contributed by atoms with Crippen molar-refractivity contribution in [3.05, 3.63) is 17.6 Å². The lowest BCUT2D eigenvalue weighted by Crippen LogP contribution is -2.49. The summed E-state index contributed by atoms with van der Waals surface area (Å²) in [5.41, 5.74) is 0.345. The molecule has 1 aromatic rings. The maximum atomic E-state index is 12.3. The molecule has 9 nitrogen and oxygen atoms in total. The molecule has 1 aliphatic heterocycles. The van der Waals surface area contributed by atoms with Crippen LogP contribution in [0.3, 0.4) is 0 Å². The molecule has 1 aromatic heterocycles. The second-order valence-corrected chi connectivity index (χ2v) is 5.93. The van der Waals surface area contributed by atoms with E-state index in [-0.39, 0.29) is 12.0 Å². The molecule has 0 aliphatic carbocycles. The average molecular weight is 365 g/mol. The summed E-state index contributed by atoms with van der Waals surface area (Å²) in [5, 5.41) is 2.83. The van der Waals surface area contributed by atoms with Gasteiger partial charge in [0.25, 0.3) is 5.91 Å². The summed E-state index contributed by atoms with van der Waals surface area (Å²) in [6.45, 7) is 7.42. The summed E-state index contributed by atoms with van der Waals surface area (Å²) in [5.74, 6) is 1.01. The SMILES string of the molecule is CCOC(=O)N1CCN(c2cc(C(=O)NCCCOC)nc(C)n2)CC1. The van der Waals surface area contributed by atoms with E-state index in [2.05, 4.69) is 15.3 Å². The van der Waals surface area contributed by atoms with Crippen LogP contribution in [0.4, 0.5) is 10.6 Å². The molecular formula is C17H27N5O4. The lowest BCUT2D eigenvalue weighted by molar-refractivity contribution is 0.0943. The van der Waals surface area contributed by atoms with Gasteiger partial charge in [-0.2, -0.15) is 0 Å². The van der Waals surface area contributed by atoms with Crippen molar-refractivity contribution in [1.82, 2.24) is 20.2 Å². The number of anilines is 1. The number of nitrogens with one attached hydrogen (secondary N) is 1. The van der Waals surface area contributed by atoms with Gasteiger partial charge < -0.3 is 24.6 Å². The molecule has 2 amide bonds. The quantitative estimate of drug-likeness (QED) is 0.715. The van der Waals surface area contributed by atoms with E-state index in [4.69, 9.17) is 9.47 Å². The Kier molecular flexibility index (Phi) is 7.58. The summed E-state index contributed by atoms with van der Waals surface area (Å²) in [4.78, 5) is 36.5.